The van der Waals surface area contributed by atoms with Crippen LogP contribution in [0.15, 0.2) is 17.0 Å². The van der Waals surface area contributed by atoms with E-state index < -0.39 is 44.1 Å². The molecule has 0 fully saturated rings. The first-order chi connectivity index (χ1) is 8.92. The Morgan fingerprint density at radius 2 is 1.95 bits per heavy atom. The number of benzene rings is 1. The molecule has 0 heterocycles. The summed E-state index contributed by atoms with van der Waals surface area (Å²) in [4.78, 5) is 8.85. The minimum Gasteiger partial charge on any atom is -0.482 e. The molecule has 0 aromatic heterocycles. The zero-order chi connectivity index (χ0) is 15.7. The number of rotatable bonds is 4. The molecule has 20 heavy (non-hydrogen) atoms. The van der Waals surface area contributed by atoms with Gasteiger partial charge in [-0.05, 0) is 12.5 Å². The van der Waals surface area contributed by atoms with Crippen molar-refractivity contribution >= 4 is 15.7 Å². The van der Waals surface area contributed by atoms with Crippen molar-refractivity contribution in [3.63, 3.8) is 0 Å². The Balaban J connectivity index is 3.39. The van der Waals surface area contributed by atoms with Crippen molar-refractivity contribution in [2.24, 2.45) is 5.14 Å². The molecule has 112 valence electrons. The summed E-state index contributed by atoms with van der Waals surface area (Å²) in [5.41, 5.74) is -0.765. The largest absolute Gasteiger partial charge is 0.482 e. The number of nitro groups is 1. The van der Waals surface area contributed by atoms with E-state index in [9.17, 15) is 31.7 Å². The van der Waals surface area contributed by atoms with E-state index in [1.54, 1.807) is 0 Å². The van der Waals surface area contributed by atoms with Crippen LogP contribution in [0.25, 0.3) is 0 Å². The molecule has 0 radical (unpaired) electrons. The second-order valence-electron chi connectivity index (χ2n) is 3.80. The van der Waals surface area contributed by atoms with Gasteiger partial charge < -0.3 is 4.74 Å². The maximum atomic E-state index is 12.1. The maximum absolute atomic E-state index is 12.1. The van der Waals surface area contributed by atoms with Gasteiger partial charge in [-0.15, -0.1) is 0 Å². The number of nitrogens with two attached hydrogens (primary N) is 1. The van der Waals surface area contributed by atoms with Crippen LogP contribution in [0.2, 0.25) is 0 Å². The van der Waals surface area contributed by atoms with Crippen molar-refractivity contribution in [3.8, 4) is 5.75 Å². The van der Waals surface area contributed by atoms with Crippen molar-refractivity contribution in [3.05, 3.63) is 27.8 Å². The standard InChI is InChI=1S/C9H9F3N2O5S/c1-5-2-6(14(15)16)3-7(20(13,17)18)8(5)19-4-9(10,11)12/h2-3H,4H2,1H3,(H2,13,17,18). The van der Waals surface area contributed by atoms with Crippen LogP contribution in [-0.4, -0.2) is 26.1 Å². The first kappa shape index (κ1) is 16.2. The molecule has 0 saturated heterocycles. The SMILES string of the molecule is Cc1cc([N+](=O)[O-])cc(S(N)(=O)=O)c1OCC(F)(F)F. The molecule has 0 amide bonds. The minimum atomic E-state index is -4.69. The predicted molar refractivity (Wildman–Crippen MR) is 60.8 cm³/mol. The van der Waals surface area contributed by atoms with Gasteiger partial charge >= 0.3 is 6.18 Å². The minimum absolute atomic E-state index is 0.146. The second kappa shape index (κ2) is 5.25. The maximum Gasteiger partial charge on any atom is 0.422 e. The Hall–Kier alpha value is -1.88. The van der Waals surface area contributed by atoms with Crippen molar-refractivity contribution in [2.75, 3.05) is 6.61 Å². The topological polar surface area (TPSA) is 113 Å². The fourth-order valence-electron chi connectivity index (χ4n) is 1.38. The third-order valence-electron chi connectivity index (χ3n) is 2.12. The lowest BCUT2D eigenvalue weighted by molar-refractivity contribution is -0.385. The van der Waals surface area contributed by atoms with Crippen LogP contribution in [0.1, 0.15) is 5.56 Å². The molecule has 2 N–H and O–H groups in total. The Kier molecular flexibility index (Phi) is 4.24. The summed E-state index contributed by atoms with van der Waals surface area (Å²) < 4.78 is 63.3. The number of ether oxygens (including phenoxy) is 1. The zero-order valence-corrected chi connectivity index (χ0v) is 10.8. The molecule has 0 aliphatic rings. The second-order valence-corrected chi connectivity index (χ2v) is 5.33. The number of non-ortho nitro benzene ring substituents is 1. The number of primary sulfonamides is 1. The van der Waals surface area contributed by atoms with E-state index in [2.05, 4.69) is 4.74 Å². The van der Waals surface area contributed by atoms with Gasteiger partial charge in [0.1, 0.15) is 10.6 Å². The fraction of sp³-hybridized carbons (Fsp3) is 0.333. The Labute approximate surface area is 111 Å². The van der Waals surface area contributed by atoms with E-state index in [0.717, 1.165) is 6.07 Å². The van der Waals surface area contributed by atoms with Crippen molar-refractivity contribution in [1.29, 1.82) is 0 Å². The molecule has 0 bridgehead atoms. The van der Waals surface area contributed by atoms with Gasteiger partial charge in [0.2, 0.25) is 10.0 Å². The highest BCUT2D eigenvalue weighted by Gasteiger charge is 2.31. The van der Waals surface area contributed by atoms with Gasteiger partial charge in [0.05, 0.1) is 4.92 Å². The average molecular weight is 314 g/mol. The molecular weight excluding hydrogens is 305 g/mol. The molecular formula is C9H9F3N2O5S. The van der Waals surface area contributed by atoms with Crippen molar-refractivity contribution < 1.29 is 31.2 Å². The van der Waals surface area contributed by atoms with Crippen LogP contribution in [0.5, 0.6) is 5.75 Å². The highest BCUT2D eigenvalue weighted by molar-refractivity contribution is 7.89. The number of sulfonamides is 1. The quantitative estimate of drug-likeness (QED) is 0.668. The van der Waals surface area contributed by atoms with Crippen LogP contribution >= 0.6 is 0 Å². The summed E-state index contributed by atoms with van der Waals surface area (Å²) in [6.45, 7) is -0.568. The van der Waals surface area contributed by atoms with Crippen LogP contribution in [-0.2, 0) is 10.0 Å². The lowest BCUT2D eigenvalue weighted by Crippen LogP contribution is -2.22. The van der Waals surface area contributed by atoms with Gasteiger partial charge in [0.15, 0.2) is 6.61 Å². The number of alkyl halides is 3. The number of hydrogen-bond donors (Lipinski definition) is 1. The van der Waals surface area contributed by atoms with Gasteiger partial charge in [0, 0.05) is 12.1 Å². The lowest BCUT2D eigenvalue weighted by Gasteiger charge is -2.14. The van der Waals surface area contributed by atoms with E-state index in [1.807, 2.05) is 0 Å². The summed E-state index contributed by atoms with van der Waals surface area (Å²) in [5, 5.41) is 15.4. The highest BCUT2D eigenvalue weighted by atomic mass is 32.2. The van der Waals surface area contributed by atoms with Gasteiger partial charge in [-0.25, -0.2) is 13.6 Å². The summed E-state index contributed by atoms with van der Waals surface area (Å²) in [6, 6.07) is 1.44. The van der Waals surface area contributed by atoms with Gasteiger partial charge in [-0.2, -0.15) is 13.2 Å². The number of halogens is 3. The highest BCUT2D eigenvalue weighted by Crippen LogP contribution is 2.32. The molecule has 0 atom stereocenters. The molecule has 1 aromatic carbocycles. The summed E-state index contributed by atoms with van der Waals surface area (Å²) in [6.07, 6.45) is -4.69. The predicted octanol–water partition coefficient (Wildman–Crippen LogP) is 1.49. The number of aryl methyl sites for hydroxylation is 1. The van der Waals surface area contributed by atoms with Crippen molar-refractivity contribution in [2.45, 2.75) is 18.0 Å². The van der Waals surface area contributed by atoms with Gasteiger partial charge in [-0.1, -0.05) is 0 Å². The number of nitrogens with zero attached hydrogens (tertiary/aromatic N) is 1. The molecule has 0 aliphatic carbocycles. The Morgan fingerprint density at radius 1 is 1.40 bits per heavy atom. The van der Waals surface area contributed by atoms with E-state index in [0.29, 0.717) is 6.07 Å². The van der Waals surface area contributed by atoms with E-state index >= 15 is 0 Å². The van der Waals surface area contributed by atoms with Crippen molar-refractivity contribution in [1.82, 2.24) is 0 Å². The third kappa shape index (κ3) is 4.06. The van der Waals surface area contributed by atoms with E-state index in [-0.39, 0.29) is 5.56 Å². The molecule has 1 aromatic rings. The summed E-state index contributed by atoms with van der Waals surface area (Å²) >= 11 is 0. The van der Waals surface area contributed by atoms with Crippen LogP contribution in [0, 0.1) is 17.0 Å². The first-order valence-corrected chi connectivity index (χ1v) is 6.48. The fourth-order valence-corrected chi connectivity index (χ4v) is 2.14. The summed E-state index contributed by atoms with van der Waals surface area (Å²) in [5.74, 6) is -0.657. The monoisotopic (exact) mass is 314 g/mol. The smallest absolute Gasteiger partial charge is 0.422 e. The molecule has 0 spiro atoms. The molecule has 11 heteroatoms. The number of nitro benzene ring substituents is 1. The van der Waals surface area contributed by atoms with Crippen LogP contribution < -0.4 is 9.88 Å². The molecule has 1 rings (SSSR count). The normalized spacial score (nSPS) is 12.2. The zero-order valence-electron chi connectivity index (χ0n) is 9.97. The van der Waals surface area contributed by atoms with E-state index in [1.165, 1.54) is 6.92 Å². The van der Waals surface area contributed by atoms with Crippen LogP contribution in [0.3, 0.4) is 0 Å². The molecule has 0 unspecified atom stereocenters. The summed E-state index contributed by atoms with van der Waals surface area (Å²) in [7, 11) is -4.48. The molecule has 0 saturated carbocycles. The Bertz CT molecular complexity index is 642. The van der Waals surface area contributed by atoms with E-state index in [4.69, 9.17) is 5.14 Å². The third-order valence-corrected chi connectivity index (χ3v) is 3.04. The van der Waals surface area contributed by atoms with Crippen LogP contribution in [0.4, 0.5) is 18.9 Å². The van der Waals surface area contributed by atoms with Gasteiger partial charge in [0.25, 0.3) is 5.69 Å². The molecule has 7 nitrogen and oxygen atoms in total. The first-order valence-electron chi connectivity index (χ1n) is 4.93. The average Bonchev–Trinajstić information content (AvgIpc) is 2.23. The lowest BCUT2D eigenvalue weighted by atomic mass is 10.2. The Morgan fingerprint density at radius 3 is 2.35 bits per heavy atom. The van der Waals surface area contributed by atoms with Gasteiger partial charge in [-0.3, -0.25) is 10.1 Å². The molecule has 0 aliphatic heterocycles. The number of hydrogen-bond acceptors (Lipinski definition) is 5.